The second-order valence-electron chi connectivity index (χ2n) is 5.62. The minimum atomic E-state index is -0.601. The molecule has 2 atom stereocenters. The fraction of sp³-hybridized carbons (Fsp3) is 0.438. The lowest BCUT2D eigenvalue weighted by atomic mass is 10.2. The van der Waals surface area contributed by atoms with Gasteiger partial charge in [-0.1, -0.05) is 30.0 Å². The van der Waals surface area contributed by atoms with Crippen molar-refractivity contribution in [3.8, 4) is 5.75 Å². The highest BCUT2D eigenvalue weighted by Gasteiger charge is 2.40. The molecule has 3 amide bonds. The number of nitrogens with zero attached hydrogens (tertiary/aromatic N) is 2. The van der Waals surface area contributed by atoms with Crippen LogP contribution in [0.3, 0.4) is 0 Å². The third-order valence-corrected chi connectivity index (χ3v) is 4.86. The van der Waals surface area contributed by atoms with Gasteiger partial charge in [0.25, 0.3) is 11.1 Å². The number of rotatable bonds is 4. The fourth-order valence-corrected chi connectivity index (χ4v) is 3.66. The van der Waals surface area contributed by atoms with Gasteiger partial charge in [-0.25, -0.2) is 0 Å². The molecule has 6 nitrogen and oxygen atoms in total. The zero-order chi connectivity index (χ0) is 16.4. The molecule has 1 aromatic carbocycles. The summed E-state index contributed by atoms with van der Waals surface area (Å²) in [7, 11) is 0. The van der Waals surface area contributed by atoms with Gasteiger partial charge in [-0.15, -0.1) is 0 Å². The molecule has 0 aliphatic carbocycles. The minimum Gasteiger partial charge on any atom is -0.481 e. The highest BCUT2D eigenvalue weighted by atomic mass is 32.2. The van der Waals surface area contributed by atoms with Crippen molar-refractivity contribution in [2.24, 2.45) is 0 Å². The molecule has 3 rings (SSSR count). The van der Waals surface area contributed by atoms with E-state index in [-0.39, 0.29) is 28.8 Å². The molecule has 0 N–H and O–H groups in total. The standard InChI is InChI=1S/C16H18N2O4S/c1-11(22-13-5-3-2-4-6-13)15(20)17-8-7-12(9-17)18-14(19)10-23-16(18)21/h2-6,11-12H,7-10H2,1H3. The third-order valence-electron chi connectivity index (χ3n) is 4.03. The van der Waals surface area contributed by atoms with Crippen LogP contribution in [0.5, 0.6) is 5.75 Å². The summed E-state index contributed by atoms with van der Waals surface area (Å²) in [5, 5.41) is -0.206. The first-order valence-corrected chi connectivity index (χ1v) is 8.54. The number of benzene rings is 1. The quantitative estimate of drug-likeness (QED) is 0.839. The first-order chi connectivity index (χ1) is 11.1. The number of amides is 3. The van der Waals surface area contributed by atoms with E-state index in [4.69, 9.17) is 4.74 Å². The average Bonchev–Trinajstić information content (AvgIpc) is 3.14. The van der Waals surface area contributed by atoms with Crippen LogP contribution < -0.4 is 4.74 Å². The van der Waals surface area contributed by atoms with E-state index < -0.39 is 6.10 Å². The summed E-state index contributed by atoms with van der Waals surface area (Å²) in [5.41, 5.74) is 0. The van der Waals surface area contributed by atoms with E-state index in [2.05, 4.69) is 0 Å². The van der Waals surface area contributed by atoms with Crippen LogP contribution in [0, 0.1) is 0 Å². The molecule has 2 saturated heterocycles. The fourth-order valence-electron chi connectivity index (χ4n) is 2.88. The maximum atomic E-state index is 12.5. The van der Waals surface area contributed by atoms with Gasteiger partial charge in [0.1, 0.15) is 5.75 Å². The Bertz CT molecular complexity index is 606. The van der Waals surface area contributed by atoms with Crippen LogP contribution in [0.25, 0.3) is 0 Å². The summed E-state index contributed by atoms with van der Waals surface area (Å²) in [5.74, 6) is 0.568. The summed E-state index contributed by atoms with van der Waals surface area (Å²) in [6, 6.07) is 8.97. The topological polar surface area (TPSA) is 66.9 Å². The summed E-state index contributed by atoms with van der Waals surface area (Å²) < 4.78 is 5.65. The minimum absolute atomic E-state index is 0.122. The Hall–Kier alpha value is -2.02. The van der Waals surface area contributed by atoms with Crippen LogP contribution in [0.2, 0.25) is 0 Å². The Morgan fingerprint density at radius 3 is 2.70 bits per heavy atom. The molecule has 0 radical (unpaired) electrons. The number of hydrogen-bond acceptors (Lipinski definition) is 5. The van der Waals surface area contributed by atoms with E-state index >= 15 is 0 Å². The maximum absolute atomic E-state index is 12.5. The van der Waals surface area contributed by atoms with Crippen molar-refractivity contribution in [1.29, 1.82) is 0 Å². The largest absolute Gasteiger partial charge is 0.481 e. The number of likely N-dealkylation sites (tertiary alicyclic amines) is 1. The van der Waals surface area contributed by atoms with Crippen molar-refractivity contribution in [3.63, 3.8) is 0 Å². The van der Waals surface area contributed by atoms with E-state index in [0.29, 0.717) is 25.3 Å². The number of carbonyl (C=O) groups excluding carboxylic acids is 3. The van der Waals surface area contributed by atoms with Gasteiger partial charge in [-0.05, 0) is 25.5 Å². The number of imide groups is 1. The summed E-state index contributed by atoms with van der Waals surface area (Å²) in [6.07, 6.45) is 0.0254. The van der Waals surface area contributed by atoms with Crippen molar-refractivity contribution >= 4 is 28.8 Å². The highest BCUT2D eigenvalue weighted by Crippen LogP contribution is 2.26. The van der Waals surface area contributed by atoms with Crippen LogP contribution in [0.4, 0.5) is 4.79 Å². The molecule has 2 fully saturated rings. The molecule has 0 saturated carbocycles. The second-order valence-corrected chi connectivity index (χ2v) is 6.54. The predicted molar refractivity (Wildman–Crippen MR) is 86.2 cm³/mol. The Labute approximate surface area is 138 Å². The molecule has 7 heteroatoms. The first-order valence-electron chi connectivity index (χ1n) is 7.55. The van der Waals surface area contributed by atoms with Crippen LogP contribution >= 0.6 is 11.8 Å². The number of ether oxygens (including phenoxy) is 1. The van der Waals surface area contributed by atoms with Gasteiger partial charge < -0.3 is 9.64 Å². The molecule has 23 heavy (non-hydrogen) atoms. The maximum Gasteiger partial charge on any atom is 0.289 e. The van der Waals surface area contributed by atoms with Crippen molar-refractivity contribution in [2.75, 3.05) is 18.8 Å². The molecule has 2 aliphatic heterocycles. The molecule has 2 heterocycles. The lowest BCUT2D eigenvalue weighted by molar-refractivity contribution is -0.137. The van der Waals surface area contributed by atoms with E-state index in [9.17, 15) is 14.4 Å². The predicted octanol–water partition coefficient (Wildman–Crippen LogP) is 1.75. The Kier molecular flexibility index (Phi) is 4.56. The molecule has 1 aromatic rings. The molecule has 0 bridgehead atoms. The van der Waals surface area contributed by atoms with Crippen molar-refractivity contribution in [2.45, 2.75) is 25.5 Å². The van der Waals surface area contributed by atoms with E-state index in [1.165, 1.54) is 4.90 Å². The molecule has 122 valence electrons. The van der Waals surface area contributed by atoms with Gasteiger partial charge >= 0.3 is 0 Å². The van der Waals surface area contributed by atoms with E-state index in [0.717, 1.165) is 11.8 Å². The highest BCUT2D eigenvalue weighted by molar-refractivity contribution is 8.14. The summed E-state index contributed by atoms with van der Waals surface area (Å²) in [4.78, 5) is 39.0. The molecular weight excluding hydrogens is 316 g/mol. The SMILES string of the molecule is CC(Oc1ccccc1)C(=O)N1CCC(N2C(=O)CSC2=O)C1. The molecule has 2 unspecified atom stereocenters. The molecule has 2 aliphatic rings. The van der Waals surface area contributed by atoms with Crippen LogP contribution in [0.1, 0.15) is 13.3 Å². The summed E-state index contributed by atoms with van der Waals surface area (Å²) in [6.45, 7) is 2.64. The number of hydrogen-bond donors (Lipinski definition) is 0. The first kappa shape index (κ1) is 15.9. The van der Waals surface area contributed by atoms with Crippen molar-refractivity contribution in [1.82, 2.24) is 9.80 Å². The van der Waals surface area contributed by atoms with E-state index in [1.54, 1.807) is 24.0 Å². The van der Waals surface area contributed by atoms with Crippen LogP contribution in [-0.2, 0) is 9.59 Å². The van der Waals surface area contributed by atoms with Crippen LogP contribution in [-0.4, -0.2) is 57.8 Å². The zero-order valence-corrected chi connectivity index (χ0v) is 13.6. The second kappa shape index (κ2) is 6.62. The average molecular weight is 334 g/mol. The Balaban J connectivity index is 1.59. The number of carbonyl (C=O) groups is 3. The lowest BCUT2D eigenvalue weighted by Gasteiger charge is -2.24. The van der Waals surface area contributed by atoms with Gasteiger partial charge in [0.15, 0.2) is 6.10 Å². The molecular formula is C16H18N2O4S. The smallest absolute Gasteiger partial charge is 0.289 e. The van der Waals surface area contributed by atoms with Crippen LogP contribution in [0.15, 0.2) is 30.3 Å². The lowest BCUT2D eigenvalue weighted by Crippen LogP contribution is -2.44. The van der Waals surface area contributed by atoms with Gasteiger partial charge in [0.2, 0.25) is 5.91 Å². The summed E-state index contributed by atoms with van der Waals surface area (Å²) >= 11 is 1.03. The zero-order valence-electron chi connectivity index (χ0n) is 12.8. The Morgan fingerprint density at radius 1 is 1.30 bits per heavy atom. The van der Waals surface area contributed by atoms with Gasteiger partial charge in [0, 0.05) is 13.1 Å². The van der Waals surface area contributed by atoms with Gasteiger partial charge in [-0.3, -0.25) is 19.3 Å². The van der Waals surface area contributed by atoms with Gasteiger partial charge in [0.05, 0.1) is 11.8 Å². The monoisotopic (exact) mass is 334 g/mol. The van der Waals surface area contributed by atoms with Crippen molar-refractivity contribution in [3.05, 3.63) is 30.3 Å². The Morgan fingerprint density at radius 2 is 2.04 bits per heavy atom. The molecule has 0 aromatic heterocycles. The van der Waals surface area contributed by atoms with Gasteiger partial charge in [-0.2, -0.15) is 0 Å². The van der Waals surface area contributed by atoms with E-state index in [1.807, 2.05) is 18.2 Å². The number of thioether (sulfide) groups is 1. The normalized spacial score (nSPS) is 22.6. The third kappa shape index (κ3) is 3.34. The number of para-hydroxylation sites is 1. The van der Waals surface area contributed by atoms with Crippen molar-refractivity contribution < 1.29 is 19.1 Å². The molecule has 0 spiro atoms.